The number of benzene rings is 1. The number of urea groups is 1. The van der Waals surface area contributed by atoms with Crippen molar-refractivity contribution in [2.45, 2.75) is 25.6 Å². The van der Waals surface area contributed by atoms with E-state index in [0.29, 0.717) is 38.5 Å². The number of amides is 4. The van der Waals surface area contributed by atoms with E-state index in [-0.39, 0.29) is 35.9 Å². The Balaban J connectivity index is 1.24. The van der Waals surface area contributed by atoms with E-state index < -0.39 is 18.0 Å². The molecule has 1 atom stereocenters. The lowest BCUT2D eigenvalue weighted by Crippen LogP contribution is -2.49. The molecular formula is C22H23FN4O6. The molecule has 33 heavy (non-hydrogen) atoms. The first-order valence-electron chi connectivity index (χ1n) is 10.5. The normalized spacial score (nSPS) is 18.7. The van der Waals surface area contributed by atoms with Gasteiger partial charge in [-0.3, -0.25) is 24.6 Å². The molecule has 0 aliphatic carbocycles. The molecule has 1 aromatic carbocycles. The van der Waals surface area contributed by atoms with Crippen molar-refractivity contribution in [2.75, 3.05) is 26.2 Å². The first-order chi connectivity index (χ1) is 15.9. The van der Waals surface area contributed by atoms with Crippen molar-refractivity contribution in [1.29, 1.82) is 0 Å². The zero-order chi connectivity index (χ0) is 23.4. The third-order valence-electron chi connectivity index (χ3n) is 5.50. The van der Waals surface area contributed by atoms with Crippen LogP contribution in [-0.4, -0.2) is 59.9 Å². The molecule has 0 saturated carbocycles. The predicted octanol–water partition coefficient (Wildman–Crippen LogP) is 0.600. The van der Waals surface area contributed by atoms with Gasteiger partial charge in [0.05, 0.1) is 13.0 Å². The third-order valence-corrected chi connectivity index (χ3v) is 5.50. The number of imide groups is 1. The minimum Gasteiger partial charge on any atom is -0.482 e. The summed E-state index contributed by atoms with van der Waals surface area (Å²) in [4.78, 5) is 51.2. The molecule has 4 rings (SSSR count). The van der Waals surface area contributed by atoms with E-state index >= 15 is 0 Å². The van der Waals surface area contributed by atoms with Gasteiger partial charge in [0.1, 0.15) is 30.5 Å². The molecular weight excluding hydrogens is 435 g/mol. The number of piperazine rings is 1. The van der Waals surface area contributed by atoms with Crippen molar-refractivity contribution in [3.05, 3.63) is 64.0 Å². The number of nitrogens with one attached hydrogen (secondary N) is 2. The van der Waals surface area contributed by atoms with Crippen LogP contribution in [0.25, 0.3) is 0 Å². The van der Waals surface area contributed by atoms with E-state index in [1.54, 1.807) is 17.0 Å². The Hall–Kier alpha value is -3.73. The van der Waals surface area contributed by atoms with Gasteiger partial charge in [-0.2, -0.15) is 0 Å². The summed E-state index contributed by atoms with van der Waals surface area (Å²) in [7, 11) is 0. The zero-order valence-electron chi connectivity index (χ0n) is 17.7. The van der Waals surface area contributed by atoms with Gasteiger partial charge in [0.2, 0.25) is 17.1 Å². The number of nitrogens with zero attached hydrogens (tertiary/aromatic N) is 2. The summed E-state index contributed by atoms with van der Waals surface area (Å²) in [6, 6.07) is 5.75. The summed E-state index contributed by atoms with van der Waals surface area (Å²) < 4.78 is 24.0. The van der Waals surface area contributed by atoms with Gasteiger partial charge in [-0.25, -0.2) is 9.18 Å². The van der Waals surface area contributed by atoms with Crippen LogP contribution < -0.4 is 20.8 Å². The number of halogens is 1. The van der Waals surface area contributed by atoms with E-state index in [0.717, 1.165) is 5.56 Å². The number of hydrogen-bond acceptors (Lipinski definition) is 7. The largest absolute Gasteiger partial charge is 0.482 e. The van der Waals surface area contributed by atoms with E-state index in [9.17, 15) is 23.6 Å². The van der Waals surface area contributed by atoms with Crippen LogP contribution in [0.15, 0.2) is 45.8 Å². The maximum Gasteiger partial charge on any atom is 0.322 e. The van der Waals surface area contributed by atoms with Crippen molar-refractivity contribution < 1.29 is 27.9 Å². The average molecular weight is 458 g/mol. The van der Waals surface area contributed by atoms with E-state index in [1.807, 2.05) is 4.90 Å². The first-order valence-corrected chi connectivity index (χ1v) is 10.5. The Morgan fingerprint density at radius 1 is 1.12 bits per heavy atom. The highest BCUT2D eigenvalue weighted by Crippen LogP contribution is 2.13. The lowest BCUT2D eigenvalue weighted by Gasteiger charge is -2.34. The summed E-state index contributed by atoms with van der Waals surface area (Å²) in [5, 5.41) is 4.53. The molecule has 3 heterocycles. The van der Waals surface area contributed by atoms with Crippen molar-refractivity contribution in [2.24, 2.45) is 0 Å². The number of rotatable bonds is 7. The number of carbonyl (C=O) groups is 3. The second kappa shape index (κ2) is 9.82. The average Bonchev–Trinajstić information content (AvgIpc) is 3.11. The van der Waals surface area contributed by atoms with Gasteiger partial charge in [-0.1, -0.05) is 12.1 Å². The van der Waals surface area contributed by atoms with Gasteiger partial charge in [0, 0.05) is 32.2 Å². The highest BCUT2D eigenvalue weighted by atomic mass is 19.1. The monoisotopic (exact) mass is 458 g/mol. The van der Waals surface area contributed by atoms with Gasteiger partial charge in [0.25, 0.3) is 5.91 Å². The van der Waals surface area contributed by atoms with Crippen molar-refractivity contribution in [1.82, 2.24) is 20.4 Å². The number of carbonyl (C=O) groups excluding carboxylic acids is 3. The molecule has 2 aliphatic heterocycles. The quantitative estimate of drug-likeness (QED) is 0.583. The summed E-state index contributed by atoms with van der Waals surface area (Å²) in [5.74, 6) is -0.499. The van der Waals surface area contributed by atoms with Crippen molar-refractivity contribution in [3.63, 3.8) is 0 Å². The molecule has 2 fully saturated rings. The standard InChI is InChI=1S/C22H23FN4O6/c23-15-3-1-14(2-4-15)12-33-19-13-32-16(9-18(19)28)11-26-5-7-27(8-6-26)20(29)10-17-21(30)25-22(31)24-17/h1-4,9,13,17H,5-8,10-12H2,(H2,24,25,30,31). The Kier molecular flexibility index (Phi) is 6.68. The van der Waals surface area contributed by atoms with Crippen LogP contribution in [0.5, 0.6) is 5.75 Å². The lowest BCUT2D eigenvalue weighted by molar-refractivity contribution is -0.135. The summed E-state index contributed by atoms with van der Waals surface area (Å²) in [6.07, 6.45) is 1.19. The van der Waals surface area contributed by atoms with Gasteiger partial charge in [-0.15, -0.1) is 0 Å². The third kappa shape index (κ3) is 5.75. The summed E-state index contributed by atoms with van der Waals surface area (Å²) in [5.41, 5.74) is 0.410. The second-order valence-electron chi connectivity index (χ2n) is 7.87. The molecule has 174 valence electrons. The number of ether oxygens (including phenoxy) is 1. The smallest absolute Gasteiger partial charge is 0.322 e. The highest BCUT2D eigenvalue weighted by molar-refractivity contribution is 6.05. The molecule has 2 saturated heterocycles. The van der Waals surface area contributed by atoms with Gasteiger partial charge < -0.3 is 19.4 Å². The van der Waals surface area contributed by atoms with Crippen LogP contribution in [0.3, 0.4) is 0 Å². The maximum absolute atomic E-state index is 13.0. The highest BCUT2D eigenvalue weighted by Gasteiger charge is 2.33. The first kappa shape index (κ1) is 22.5. The fraction of sp³-hybridized carbons (Fsp3) is 0.364. The van der Waals surface area contributed by atoms with Crippen LogP contribution in [0.2, 0.25) is 0 Å². The molecule has 2 aromatic rings. The minimum absolute atomic E-state index is 0.0709. The molecule has 10 nitrogen and oxygen atoms in total. The maximum atomic E-state index is 13.0. The molecule has 2 N–H and O–H groups in total. The summed E-state index contributed by atoms with van der Waals surface area (Å²) in [6.45, 7) is 2.58. The minimum atomic E-state index is -0.832. The van der Waals surface area contributed by atoms with Crippen molar-refractivity contribution >= 4 is 17.8 Å². The van der Waals surface area contributed by atoms with Crippen LogP contribution in [-0.2, 0) is 22.7 Å². The molecule has 4 amide bonds. The van der Waals surface area contributed by atoms with E-state index in [2.05, 4.69) is 10.6 Å². The van der Waals surface area contributed by atoms with Gasteiger partial charge in [0.15, 0.2) is 0 Å². The van der Waals surface area contributed by atoms with Crippen LogP contribution in [0.1, 0.15) is 17.7 Å². The van der Waals surface area contributed by atoms with Gasteiger partial charge >= 0.3 is 6.03 Å². The Labute approximate surface area is 188 Å². The molecule has 1 aromatic heterocycles. The fourth-order valence-corrected chi connectivity index (χ4v) is 3.65. The van der Waals surface area contributed by atoms with Crippen LogP contribution in [0.4, 0.5) is 9.18 Å². The predicted molar refractivity (Wildman–Crippen MR) is 113 cm³/mol. The SMILES string of the molecule is O=C1NC(=O)C(CC(=O)N2CCN(Cc3cc(=O)c(OCc4ccc(F)cc4)co3)CC2)N1. The van der Waals surface area contributed by atoms with E-state index in [1.165, 1.54) is 24.5 Å². The lowest BCUT2D eigenvalue weighted by atomic mass is 10.1. The van der Waals surface area contributed by atoms with Crippen LogP contribution >= 0.6 is 0 Å². The molecule has 11 heteroatoms. The molecule has 0 radical (unpaired) electrons. The van der Waals surface area contributed by atoms with Crippen molar-refractivity contribution in [3.8, 4) is 5.75 Å². The summed E-state index contributed by atoms with van der Waals surface area (Å²) >= 11 is 0. The number of hydrogen-bond donors (Lipinski definition) is 2. The Morgan fingerprint density at radius 2 is 1.85 bits per heavy atom. The van der Waals surface area contributed by atoms with Gasteiger partial charge in [-0.05, 0) is 17.7 Å². The molecule has 0 bridgehead atoms. The molecule has 2 aliphatic rings. The Bertz CT molecular complexity index is 1090. The van der Waals surface area contributed by atoms with E-state index in [4.69, 9.17) is 9.15 Å². The zero-order valence-corrected chi connectivity index (χ0v) is 17.7. The topological polar surface area (TPSA) is 121 Å². The van der Waals surface area contributed by atoms with Crippen LogP contribution in [0, 0.1) is 5.82 Å². The molecule has 1 unspecified atom stereocenters. The molecule has 0 spiro atoms. The second-order valence-corrected chi connectivity index (χ2v) is 7.87. The fourth-order valence-electron chi connectivity index (χ4n) is 3.65. The Morgan fingerprint density at radius 3 is 2.48 bits per heavy atom.